The van der Waals surface area contributed by atoms with Crippen LogP contribution in [-0.4, -0.2) is 67.8 Å². The zero-order chi connectivity index (χ0) is 18.1. The van der Waals surface area contributed by atoms with Crippen LogP contribution in [0.25, 0.3) is 5.65 Å². The highest BCUT2D eigenvalue weighted by Crippen LogP contribution is 2.22. The summed E-state index contributed by atoms with van der Waals surface area (Å²) in [6, 6.07) is 3.65. The van der Waals surface area contributed by atoms with Gasteiger partial charge >= 0.3 is 0 Å². The van der Waals surface area contributed by atoms with Crippen molar-refractivity contribution in [2.75, 3.05) is 37.3 Å². The van der Waals surface area contributed by atoms with Crippen LogP contribution in [0.2, 0.25) is 0 Å². The third-order valence-electron chi connectivity index (χ3n) is 4.54. The van der Waals surface area contributed by atoms with Crippen molar-refractivity contribution in [3.8, 4) is 0 Å². The number of anilines is 1. The molecular weight excluding hydrogens is 350 g/mol. The standard InChI is InChI=1S/C17H19N7OS/c1-12-20-21-15-14(18-6-7-24(12)15)22-8-10-23(11-9-22)17(25)13-4-3-5-19-16(13)26-2/h3-7H,8-11H2,1-2H3. The predicted molar refractivity (Wildman–Crippen MR) is 99.7 cm³/mol. The summed E-state index contributed by atoms with van der Waals surface area (Å²) in [6.07, 6.45) is 7.27. The summed E-state index contributed by atoms with van der Waals surface area (Å²) in [7, 11) is 0. The van der Waals surface area contributed by atoms with Crippen molar-refractivity contribution in [3.05, 3.63) is 42.1 Å². The maximum atomic E-state index is 12.9. The normalized spacial score (nSPS) is 14.8. The first-order valence-corrected chi connectivity index (χ1v) is 9.61. The highest BCUT2D eigenvalue weighted by molar-refractivity contribution is 7.98. The molecule has 0 aromatic carbocycles. The molecule has 0 saturated carbocycles. The average molecular weight is 369 g/mol. The minimum absolute atomic E-state index is 0.0339. The zero-order valence-corrected chi connectivity index (χ0v) is 15.5. The Bertz CT molecular complexity index is 949. The smallest absolute Gasteiger partial charge is 0.256 e. The number of thioether (sulfide) groups is 1. The molecule has 3 aromatic rings. The van der Waals surface area contributed by atoms with Gasteiger partial charge in [0.15, 0.2) is 5.82 Å². The van der Waals surface area contributed by atoms with E-state index in [9.17, 15) is 4.79 Å². The predicted octanol–water partition coefficient (Wildman–Crippen LogP) is 1.51. The van der Waals surface area contributed by atoms with Crippen LogP contribution in [0.5, 0.6) is 0 Å². The second-order valence-electron chi connectivity index (χ2n) is 6.03. The van der Waals surface area contributed by atoms with Crippen molar-refractivity contribution in [1.82, 2.24) is 29.5 Å². The maximum Gasteiger partial charge on any atom is 0.256 e. The van der Waals surface area contributed by atoms with Crippen LogP contribution in [0, 0.1) is 6.92 Å². The monoisotopic (exact) mass is 369 g/mol. The number of aryl methyl sites for hydroxylation is 1. The largest absolute Gasteiger partial charge is 0.350 e. The first-order valence-electron chi connectivity index (χ1n) is 8.38. The van der Waals surface area contributed by atoms with Gasteiger partial charge in [-0.05, 0) is 25.3 Å². The summed E-state index contributed by atoms with van der Waals surface area (Å²) in [5.41, 5.74) is 1.42. The molecule has 134 valence electrons. The van der Waals surface area contributed by atoms with Gasteiger partial charge in [-0.25, -0.2) is 9.97 Å². The molecule has 0 radical (unpaired) electrons. The van der Waals surface area contributed by atoms with Crippen molar-refractivity contribution in [2.24, 2.45) is 0 Å². The number of amides is 1. The van der Waals surface area contributed by atoms with Crippen LogP contribution < -0.4 is 4.90 Å². The molecule has 26 heavy (non-hydrogen) atoms. The molecule has 0 aliphatic carbocycles. The highest BCUT2D eigenvalue weighted by Gasteiger charge is 2.26. The lowest BCUT2D eigenvalue weighted by atomic mass is 10.2. The molecule has 0 spiro atoms. The van der Waals surface area contributed by atoms with E-state index in [0.717, 1.165) is 22.3 Å². The van der Waals surface area contributed by atoms with Crippen molar-refractivity contribution >= 4 is 29.1 Å². The van der Waals surface area contributed by atoms with E-state index < -0.39 is 0 Å². The summed E-state index contributed by atoms with van der Waals surface area (Å²) in [6.45, 7) is 4.60. The number of rotatable bonds is 3. The number of aromatic nitrogens is 5. The first-order chi connectivity index (χ1) is 12.7. The Morgan fingerprint density at radius 3 is 2.69 bits per heavy atom. The van der Waals surface area contributed by atoms with Gasteiger partial charge in [-0.3, -0.25) is 9.20 Å². The molecule has 1 amide bonds. The van der Waals surface area contributed by atoms with Gasteiger partial charge in [0.1, 0.15) is 10.9 Å². The Morgan fingerprint density at radius 2 is 1.92 bits per heavy atom. The molecule has 1 aliphatic rings. The van der Waals surface area contributed by atoms with Gasteiger partial charge in [0.25, 0.3) is 5.91 Å². The summed E-state index contributed by atoms with van der Waals surface area (Å²) >= 11 is 1.49. The van der Waals surface area contributed by atoms with Crippen LogP contribution in [0.1, 0.15) is 16.2 Å². The fraction of sp³-hybridized carbons (Fsp3) is 0.353. The Morgan fingerprint density at radius 1 is 1.12 bits per heavy atom. The topological polar surface area (TPSA) is 79.5 Å². The van der Waals surface area contributed by atoms with Gasteiger partial charge in [-0.15, -0.1) is 22.0 Å². The quantitative estimate of drug-likeness (QED) is 0.648. The van der Waals surface area contributed by atoms with Gasteiger partial charge in [0.05, 0.1) is 5.56 Å². The Labute approximate surface area is 155 Å². The molecule has 1 aliphatic heterocycles. The second kappa shape index (κ2) is 6.91. The molecule has 0 N–H and O–H groups in total. The molecule has 1 saturated heterocycles. The van der Waals surface area contributed by atoms with E-state index in [1.54, 1.807) is 18.5 Å². The van der Waals surface area contributed by atoms with Gasteiger partial charge in [-0.2, -0.15) is 0 Å². The number of nitrogens with zero attached hydrogens (tertiary/aromatic N) is 7. The molecule has 4 rings (SSSR count). The maximum absolute atomic E-state index is 12.9. The number of hydrogen-bond acceptors (Lipinski definition) is 7. The van der Waals surface area contributed by atoms with Crippen molar-refractivity contribution in [1.29, 1.82) is 0 Å². The van der Waals surface area contributed by atoms with Crippen LogP contribution in [-0.2, 0) is 0 Å². The molecule has 3 aromatic heterocycles. The summed E-state index contributed by atoms with van der Waals surface area (Å²) in [4.78, 5) is 25.7. The van der Waals surface area contributed by atoms with Crippen LogP contribution in [0.3, 0.4) is 0 Å². The lowest BCUT2D eigenvalue weighted by Gasteiger charge is -2.35. The van der Waals surface area contributed by atoms with Crippen LogP contribution in [0.15, 0.2) is 35.7 Å². The van der Waals surface area contributed by atoms with E-state index in [2.05, 4.69) is 25.1 Å². The molecule has 8 nitrogen and oxygen atoms in total. The molecule has 4 heterocycles. The van der Waals surface area contributed by atoms with Crippen molar-refractivity contribution in [2.45, 2.75) is 11.9 Å². The molecule has 1 fully saturated rings. The first kappa shape index (κ1) is 16.8. The number of piperazine rings is 1. The minimum Gasteiger partial charge on any atom is -0.350 e. The summed E-state index contributed by atoms with van der Waals surface area (Å²) in [5.74, 6) is 1.68. The van der Waals surface area contributed by atoms with Crippen molar-refractivity contribution < 1.29 is 4.79 Å². The molecule has 0 unspecified atom stereocenters. The fourth-order valence-corrected chi connectivity index (χ4v) is 3.70. The Balaban J connectivity index is 1.51. The lowest BCUT2D eigenvalue weighted by molar-refractivity contribution is 0.0742. The Hall–Kier alpha value is -2.68. The number of carbonyl (C=O) groups is 1. The molecule has 0 bridgehead atoms. The molecular formula is C17H19N7OS. The van der Waals surface area contributed by atoms with Gasteiger partial charge < -0.3 is 9.80 Å². The number of fused-ring (bicyclic) bond motifs is 1. The average Bonchev–Trinajstić information content (AvgIpc) is 3.09. The summed E-state index contributed by atoms with van der Waals surface area (Å²) in [5, 5.41) is 9.13. The highest BCUT2D eigenvalue weighted by atomic mass is 32.2. The van der Waals surface area contributed by atoms with Crippen LogP contribution >= 0.6 is 11.8 Å². The van der Waals surface area contributed by atoms with E-state index in [4.69, 9.17) is 0 Å². The number of carbonyl (C=O) groups excluding carboxylic acids is 1. The zero-order valence-electron chi connectivity index (χ0n) is 14.7. The van der Waals surface area contributed by atoms with E-state index in [1.165, 1.54) is 11.8 Å². The molecule has 0 atom stereocenters. The minimum atomic E-state index is 0.0339. The SMILES string of the molecule is CSc1ncccc1C(=O)N1CCN(c2nccn3c(C)nnc23)CC1. The van der Waals surface area contributed by atoms with E-state index in [-0.39, 0.29) is 5.91 Å². The fourth-order valence-electron chi connectivity index (χ4n) is 3.16. The number of pyridine rings is 1. The van der Waals surface area contributed by atoms with Gasteiger partial charge in [0, 0.05) is 44.8 Å². The second-order valence-corrected chi connectivity index (χ2v) is 6.83. The van der Waals surface area contributed by atoms with E-state index in [1.807, 2.05) is 34.7 Å². The Kier molecular flexibility index (Phi) is 4.46. The van der Waals surface area contributed by atoms with E-state index >= 15 is 0 Å². The third-order valence-corrected chi connectivity index (χ3v) is 5.25. The van der Waals surface area contributed by atoms with Crippen molar-refractivity contribution in [3.63, 3.8) is 0 Å². The van der Waals surface area contributed by atoms with Crippen LogP contribution in [0.4, 0.5) is 5.82 Å². The van der Waals surface area contributed by atoms with E-state index in [0.29, 0.717) is 31.7 Å². The summed E-state index contributed by atoms with van der Waals surface area (Å²) < 4.78 is 1.93. The van der Waals surface area contributed by atoms with Gasteiger partial charge in [-0.1, -0.05) is 0 Å². The third kappa shape index (κ3) is 2.88. The lowest BCUT2D eigenvalue weighted by Crippen LogP contribution is -2.49. The number of hydrogen-bond donors (Lipinski definition) is 0. The van der Waals surface area contributed by atoms with Gasteiger partial charge in [0.2, 0.25) is 5.65 Å². The molecule has 9 heteroatoms.